The highest BCUT2D eigenvalue weighted by atomic mass is 19.4. The number of alkyl halides is 3. The zero-order valence-corrected chi connectivity index (χ0v) is 8.83. The third kappa shape index (κ3) is 2.07. The smallest absolute Gasteiger partial charge is 0.393 e. The molecule has 0 aromatic carbocycles. The molecule has 16 heavy (non-hydrogen) atoms. The molecular weight excluding hydrogens is 221 g/mol. The van der Waals surface area contributed by atoms with Crippen molar-refractivity contribution in [2.24, 2.45) is 0 Å². The van der Waals surface area contributed by atoms with Gasteiger partial charge in [-0.25, -0.2) is 0 Å². The van der Waals surface area contributed by atoms with Gasteiger partial charge in [-0.3, -0.25) is 4.68 Å². The normalized spacial score (nSPS) is 26.3. The second-order valence-corrected chi connectivity index (χ2v) is 4.23. The number of aliphatic hydroxyl groups is 1. The largest absolute Gasteiger partial charge is 0.435 e. The van der Waals surface area contributed by atoms with E-state index in [4.69, 9.17) is 0 Å². The Balaban J connectivity index is 2.25. The Morgan fingerprint density at radius 3 is 2.56 bits per heavy atom. The first-order valence-corrected chi connectivity index (χ1v) is 5.19. The number of aryl methyl sites for hydroxylation is 1. The van der Waals surface area contributed by atoms with Gasteiger partial charge in [0.1, 0.15) is 0 Å². The molecule has 1 heterocycles. The fourth-order valence-corrected chi connectivity index (χ4v) is 2.15. The molecule has 6 heteroatoms. The number of rotatable bonds is 1. The summed E-state index contributed by atoms with van der Waals surface area (Å²) in [5.74, 6) is 0. The molecule has 0 radical (unpaired) electrons. The van der Waals surface area contributed by atoms with E-state index in [9.17, 15) is 18.3 Å². The molecule has 1 N–H and O–H groups in total. The van der Waals surface area contributed by atoms with Crippen molar-refractivity contribution in [3.05, 3.63) is 17.5 Å². The lowest BCUT2D eigenvalue weighted by Crippen LogP contribution is -2.12. The van der Waals surface area contributed by atoms with E-state index in [1.54, 1.807) is 6.92 Å². The van der Waals surface area contributed by atoms with Gasteiger partial charge in [-0.1, -0.05) is 0 Å². The average Bonchev–Trinajstić information content (AvgIpc) is 2.70. The lowest BCUT2D eigenvalue weighted by atomic mass is 10.2. The van der Waals surface area contributed by atoms with Gasteiger partial charge in [0.05, 0.1) is 12.1 Å². The number of nitrogens with zero attached hydrogens (tertiary/aromatic N) is 2. The zero-order valence-electron chi connectivity index (χ0n) is 8.83. The van der Waals surface area contributed by atoms with Crippen molar-refractivity contribution < 1.29 is 18.3 Å². The first-order valence-electron chi connectivity index (χ1n) is 5.19. The molecule has 1 saturated carbocycles. The molecule has 2 atom stereocenters. The van der Waals surface area contributed by atoms with E-state index in [2.05, 4.69) is 5.10 Å². The van der Waals surface area contributed by atoms with Gasteiger partial charge in [0, 0.05) is 5.69 Å². The van der Waals surface area contributed by atoms with Crippen LogP contribution in [0.1, 0.15) is 36.7 Å². The summed E-state index contributed by atoms with van der Waals surface area (Å²) in [7, 11) is 0. The quantitative estimate of drug-likeness (QED) is 0.809. The summed E-state index contributed by atoms with van der Waals surface area (Å²) in [6.07, 6.45) is -3.01. The van der Waals surface area contributed by atoms with Crippen LogP contribution in [0.15, 0.2) is 6.07 Å². The third-order valence-electron chi connectivity index (χ3n) is 2.94. The molecule has 2 rings (SSSR count). The summed E-state index contributed by atoms with van der Waals surface area (Å²) < 4.78 is 38.6. The van der Waals surface area contributed by atoms with Crippen molar-refractivity contribution in [3.63, 3.8) is 0 Å². The second kappa shape index (κ2) is 3.76. The highest BCUT2D eigenvalue weighted by Gasteiger charge is 2.36. The van der Waals surface area contributed by atoms with Gasteiger partial charge in [0.15, 0.2) is 5.69 Å². The molecule has 0 saturated heterocycles. The molecule has 0 aliphatic heterocycles. The molecule has 90 valence electrons. The summed E-state index contributed by atoms with van der Waals surface area (Å²) >= 11 is 0. The summed E-state index contributed by atoms with van der Waals surface area (Å²) in [4.78, 5) is 0. The predicted octanol–water partition coefficient (Wildman–Crippen LogP) is 2.30. The molecule has 0 spiro atoms. The van der Waals surface area contributed by atoms with Crippen molar-refractivity contribution in [3.8, 4) is 0 Å². The van der Waals surface area contributed by atoms with E-state index in [1.807, 2.05) is 0 Å². The molecule has 0 bridgehead atoms. The fourth-order valence-electron chi connectivity index (χ4n) is 2.15. The van der Waals surface area contributed by atoms with Crippen molar-refractivity contribution in [1.82, 2.24) is 9.78 Å². The molecule has 0 amide bonds. The summed E-state index contributed by atoms with van der Waals surface area (Å²) in [5, 5.41) is 12.9. The lowest BCUT2D eigenvalue weighted by molar-refractivity contribution is -0.141. The number of hydrogen-bond acceptors (Lipinski definition) is 2. The highest BCUT2D eigenvalue weighted by molar-refractivity contribution is 5.13. The minimum Gasteiger partial charge on any atom is -0.393 e. The Morgan fingerprint density at radius 2 is 2.12 bits per heavy atom. The van der Waals surface area contributed by atoms with E-state index >= 15 is 0 Å². The lowest BCUT2D eigenvalue weighted by Gasteiger charge is -2.12. The van der Waals surface area contributed by atoms with Crippen LogP contribution in [0.5, 0.6) is 0 Å². The van der Waals surface area contributed by atoms with Gasteiger partial charge in [0.25, 0.3) is 0 Å². The Bertz CT molecular complexity index is 386. The number of aromatic nitrogens is 2. The van der Waals surface area contributed by atoms with Crippen LogP contribution in [0, 0.1) is 6.92 Å². The van der Waals surface area contributed by atoms with Gasteiger partial charge in [-0.15, -0.1) is 0 Å². The third-order valence-corrected chi connectivity index (χ3v) is 2.94. The summed E-state index contributed by atoms with van der Waals surface area (Å²) in [6.45, 7) is 1.60. The van der Waals surface area contributed by atoms with E-state index in [-0.39, 0.29) is 6.04 Å². The van der Waals surface area contributed by atoms with E-state index in [0.717, 1.165) is 6.07 Å². The maximum Gasteiger partial charge on any atom is 0.435 e. The monoisotopic (exact) mass is 234 g/mol. The van der Waals surface area contributed by atoms with E-state index in [1.165, 1.54) is 4.68 Å². The molecule has 1 aromatic heterocycles. The van der Waals surface area contributed by atoms with Gasteiger partial charge in [-0.2, -0.15) is 18.3 Å². The first kappa shape index (κ1) is 11.4. The molecule has 1 fully saturated rings. The molecule has 1 aliphatic carbocycles. The topological polar surface area (TPSA) is 38.0 Å². The Labute approximate surface area is 90.9 Å². The van der Waals surface area contributed by atoms with E-state index in [0.29, 0.717) is 25.0 Å². The summed E-state index contributed by atoms with van der Waals surface area (Å²) in [6, 6.07) is 0.941. The van der Waals surface area contributed by atoms with Crippen LogP contribution in [0.2, 0.25) is 0 Å². The predicted molar refractivity (Wildman–Crippen MR) is 50.9 cm³/mol. The van der Waals surface area contributed by atoms with Crippen molar-refractivity contribution in [1.29, 1.82) is 0 Å². The molecule has 1 aromatic rings. The SMILES string of the molecule is Cc1cc(C(F)(F)F)nn1C1CCC(O)C1. The first-order chi connectivity index (χ1) is 7.38. The van der Waals surface area contributed by atoms with Crippen LogP contribution in [-0.4, -0.2) is 21.0 Å². The van der Waals surface area contributed by atoms with E-state index < -0.39 is 18.0 Å². The fraction of sp³-hybridized carbons (Fsp3) is 0.700. The molecule has 1 aliphatic rings. The Morgan fingerprint density at radius 1 is 1.44 bits per heavy atom. The summed E-state index contributed by atoms with van der Waals surface area (Å²) in [5.41, 5.74) is -0.363. The molecule has 2 unspecified atom stereocenters. The Hall–Kier alpha value is -1.04. The van der Waals surface area contributed by atoms with Crippen LogP contribution in [-0.2, 0) is 6.18 Å². The van der Waals surface area contributed by atoms with Crippen LogP contribution >= 0.6 is 0 Å². The van der Waals surface area contributed by atoms with Crippen molar-refractivity contribution in [2.45, 2.75) is 44.5 Å². The van der Waals surface area contributed by atoms with Crippen LogP contribution in [0.3, 0.4) is 0 Å². The van der Waals surface area contributed by atoms with Gasteiger partial charge in [-0.05, 0) is 32.3 Å². The van der Waals surface area contributed by atoms with Crippen molar-refractivity contribution in [2.75, 3.05) is 0 Å². The molecule has 3 nitrogen and oxygen atoms in total. The van der Waals surface area contributed by atoms with Gasteiger partial charge < -0.3 is 5.11 Å². The Kier molecular flexibility index (Phi) is 2.69. The van der Waals surface area contributed by atoms with Crippen LogP contribution in [0.4, 0.5) is 13.2 Å². The minimum atomic E-state index is -4.40. The zero-order chi connectivity index (χ0) is 11.9. The van der Waals surface area contributed by atoms with Crippen LogP contribution < -0.4 is 0 Å². The van der Waals surface area contributed by atoms with Crippen LogP contribution in [0.25, 0.3) is 0 Å². The second-order valence-electron chi connectivity index (χ2n) is 4.23. The van der Waals surface area contributed by atoms with Crippen molar-refractivity contribution >= 4 is 0 Å². The maximum atomic E-state index is 12.4. The number of hydrogen-bond donors (Lipinski definition) is 1. The highest BCUT2D eigenvalue weighted by Crippen LogP contribution is 2.34. The number of aliphatic hydroxyl groups excluding tert-OH is 1. The molecular formula is C10H13F3N2O. The minimum absolute atomic E-state index is 0.105. The number of halogens is 3. The van der Waals surface area contributed by atoms with Gasteiger partial charge >= 0.3 is 6.18 Å². The maximum absolute atomic E-state index is 12.4. The van der Waals surface area contributed by atoms with Gasteiger partial charge in [0.2, 0.25) is 0 Å². The standard InChI is InChI=1S/C10H13F3N2O/c1-6-4-9(10(11,12)13)14-15(6)7-2-3-8(16)5-7/h4,7-8,16H,2-3,5H2,1H3. The average molecular weight is 234 g/mol.